The molecule has 2 rings (SSSR count). The van der Waals surface area contributed by atoms with Gasteiger partial charge in [0.15, 0.2) is 0 Å². The Morgan fingerprint density at radius 1 is 1.19 bits per heavy atom. The van der Waals surface area contributed by atoms with Crippen LogP contribution in [0.3, 0.4) is 0 Å². The molecule has 0 saturated heterocycles. The first kappa shape index (κ1) is 18.3. The molecule has 21 heavy (non-hydrogen) atoms. The molecular weight excluding hydrogens is 350 g/mol. The van der Waals surface area contributed by atoms with E-state index in [9.17, 15) is 0 Å². The molecule has 0 aliphatic rings. The zero-order valence-corrected chi connectivity index (χ0v) is 15.4. The fourth-order valence-electron chi connectivity index (χ4n) is 1.88. The summed E-state index contributed by atoms with van der Waals surface area (Å²) in [5, 5.41) is 3.51. The Bertz CT molecular complexity index is 592. The Morgan fingerprint density at radius 2 is 1.90 bits per heavy atom. The van der Waals surface area contributed by atoms with Gasteiger partial charge in [0.25, 0.3) is 0 Å². The maximum atomic E-state index is 5.93. The summed E-state index contributed by atoms with van der Waals surface area (Å²) in [6.07, 6.45) is 1.09. The van der Waals surface area contributed by atoms with Crippen molar-refractivity contribution in [2.45, 2.75) is 46.2 Å². The largest absolute Gasteiger partial charge is 0.460 e. The number of benzene rings is 1. The Balaban J connectivity index is 0.00000220. The molecular formula is C17H23BrClNO. The van der Waals surface area contributed by atoms with Crippen LogP contribution in [0.15, 0.2) is 39.2 Å². The minimum atomic E-state index is 0. The molecule has 4 heteroatoms. The van der Waals surface area contributed by atoms with Crippen molar-refractivity contribution in [1.82, 2.24) is 5.32 Å². The van der Waals surface area contributed by atoms with Crippen LogP contribution in [0.4, 0.5) is 0 Å². The third-order valence-corrected chi connectivity index (χ3v) is 4.62. The minimum absolute atomic E-state index is 0. The fraction of sp³-hybridized carbons (Fsp3) is 0.412. The van der Waals surface area contributed by atoms with Crippen molar-refractivity contribution >= 4 is 28.3 Å². The van der Waals surface area contributed by atoms with Crippen LogP contribution in [0.25, 0.3) is 11.3 Å². The van der Waals surface area contributed by atoms with Gasteiger partial charge in [-0.25, -0.2) is 0 Å². The molecule has 0 saturated carbocycles. The van der Waals surface area contributed by atoms with Crippen molar-refractivity contribution in [2.24, 2.45) is 0 Å². The lowest BCUT2D eigenvalue weighted by Gasteiger charge is -2.23. The Labute approximate surface area is 141 Å². The van der Waals surface area contributed by atoms with Gasteiger partial charge < -0.3 is 9.73 Å². The van der Waals surface area contributed by atoms with Crippen LogP contribution in [0.2, 0.25) is 0 Å². The molecule has 0 spiro atoms. The molecule has 116 valence electrons. The first-order chi connectivity index (χ1) is 9.41. The first-order valence-corrected chi connectivity index (χ1v) is 7.81. The number of rotatable bonds is 5. The van der Waals surface area contributed by atoms with Crippen molar-refractivity contribution < 1.29 is 4.42 Å². The predicted molar refractivity (Wildman–Crippen MR) is 95.0 cm³/mol. The van der Waals surface area contributed by atoms with Gasteiger partial charge in [-0.3, -0.25) is 0 Å². The molecule has 0 aliphatic carbocycles. The lowest BCUT2D eigenvalue weighted by molar-refractivity contribution is 0.353. The fourth-order valence-corrected chi connectivity index (χ4v) is 2.12. The van der Waals surface area contributed by atoms with Gasteiger partial charge in [0.05, 0.1) is 6.54 Å². The van der Waals surface area contributed by atoms with Gasteiger partial charge in [-0.05, 0) is 57.0 Å². The number of hydrogen-bond donors (Lipinski definition) is 1. The maximum absolute atomic E-state index is 5.93. The highest BCUT2D eigenvalue weighted by Crippen LogP contribution is 2.26. The summed E-state index contributed by atoms with van der Waals surface area (Å²) >= 11 is 3.52. The van der Waals surface area contributed by atoms with Gasteiger partial charge in [-0.2, -0.15) is 0 Å². The lowest BCUT2D eigenvalue weighted by atomic mass is 10.0. The van der Waals surface area contributed by atoms with Crippen molar-refractivity contribution in [3.8, 4) is 11.3 Å². The van der Waals surface area contributed by atoms with Crippen LogP contribution in [-0.4, -0.2) is 5.54 Å². The summed E-state index contributed by atoms with van der Waals surface area (Å²) in [5.41, 5.74) is 2.47. The van der Waals surface area contributed by atoms with Crippen LogP contribution in [-0.2, 0) is 6.54 Å². The topological polar surface area (TPSA) is 25.2 Å². The molecule has 1 aromatic heterocycles. The van der Waals surface area contributed by atoms with Crippen molar-refractivity contribution in [2.75, 3.05) is 0 Å². The number of nitrogens with one attached hydrogen (secondary N) is 1. The summed E-state index contributed by atoms with van der Waals surface area (Å²) in [7, 11) is 0. The Hall–Kier alpha value is -0.770. The first-order valence-electron chi connectivity index (χ1n) is 7.01. The molecule has 0 radical (unpaired) electrons. The summed E-state index contributed by atoms with van der Waals surface area (Å²) < 4.78 is 7.05. The van der Waals surface area contributed by atoms with E-state index < -0.39 is 0 Å². The van der Waals surface area contributed by atoms with Crippen LogP contribution in [0.1, 0.15) is 38.5 Å². The molecule has 0 fully saturated rings. The average molecular weight is 373 g/mol. The Morgan fingerprint density at radius 3 is 2.52 bits per heavy atom. The highest BCUT2D eigenvalue weighted by Gasteiger charge is 2.14. The lowest BCUT2D eigenvalue weighted by Crippen LogP contribution is -2.37. The molecule has 2 aromatic rings. The van der Waals surface area contributed by atoms with E-state index in [0.29, 0.717) is 0 Å². The summed E-state index contributed by atoms with van der Waals surface area (Å²) in [5.74, 6) is 1.90. The third-order valence-electron chi connectivity index (χ3n) is 3.73. The summed E-state index contributed by atoms with van der Waals surface area (Å²) in [4.78, 5) is 0. The van der Waals surface area contributed by atoms with Crippen LogP contribution in [0, 0.1) is 6.92 Å². The second-order valence-electron chi connectivity index (χ2n) is 5.82. The molecule has 1 heterocycles. The van der Waals surface area contributed by atoms with Gasteiger partial charge in [0.2, 0.25) is 0 Å². The van der Waals surface area contributed by atoms with Crippen molar-refractivity contribution in [3.05, 3.63) is 46.1 Å². The molecule has 0 atom stereocenters. The Kier molecular flexibility index (Phi) is 6.51. The van der Waals surface area contributed by atoms with Gasteiger partial charge in [0, 0.05) is 15.6 Å². The second-order valence-corrected chi connectivity index (χ2v) is 6.68. The zero-order chi connectivity index (χ0) is 14.8. The molecule has 1 aromatic carbocycles. The third kappa shape index (κ3) is 4.87. The monoisotopic (exact) mass is 371 g/mol. The normalized spacial score (nSPS) is 11.3. The number of furan rings is 1. The van der Waals surface area contributed by atoms with Gasteiger partial charge in [-0.15, -0.1) is 12.4 Å². The van der Waals surface area contributed by atoms with Crippen molar-refractivity contribution in [1.29, 1.82) is 0 Å². The van der Waals surface area contributed by atoms with Crippen LogP contribution in [0.5, 0.6) is 0 Å². The standard InChI is InChI=1S/C17H22BrNO.ClH/c1-5-17(3,4)19-11-14-7-9-16(20-14)13-6-8-15(18)12(2)10-13;/h6-10,19H,5,11H2,1-4H3;1H. The molecule has 1 N–H and O–H groups in total. The molecule has 2 nitrogen and oxygen atoms in total. The van der Waals surface area contributed by atoms with Crippen molar-refractivity contribution in [3.63, 3.8) is 0 Å². The summed E-state index contributed by atoms with van der Waals surface area (Å²) in [6.45, 7) is 9.44. The van der Waals surface area contributed by atoms with E-state index in [-0.39, 0.29) is 17.9 Å². The number of hydrogen-bond acceptors (Lipinski definition) is 2. The van der Waals surface area contributed by atoms with E-state index in [4.69, 9.17) is 4.42 Å². The number of halogens is 2. The van der Waals surface area contributed by atoms with E-state index in [1.54, 1.807) is 0 Å². The average Bonchev–Trinajstić information content (AvgIpc) is 2.89. The number of aryl methyl sites for hydroxylation is 1. The minimum Gasteiger partial charge on any atom is -0.460 e. The highest BCUT2D eigenvalue weighted by molar-refractivity contribution is 9.10. The molecule has 0 aliphatic heterocycles. The SMILES string of the molecule is CCC(C)(C)NCc1ccc(-c2ccc(Br)c(C)c2)o1.Cl. The summed E-state index contributed by atoms with van der Waals surface area (Å²) in [6, 6.07) is 10.4. The van der Waals surface area contributed by atoms with E-state index in [1.165, 1.54) is 5.56 Å². The smallest absolute Gasteiger partial charge is 0.134 e. The maximum Gasteiger partial charge on any atom is 0.134 e. The van der Waals surface area contributed by atoms with E-state index in [0.717, 1.165) is 34.5 Å². The van der Waals surface area contributed by atoms with E-state index in [1.807, 2.05) is 12.1 Å². The highest BCUT2D eigenvalue weighted by atomic mass is 79.9. The van der Waals surface area contributed by atoms with Crippen LogP contribution >= 0.6 is 28.3 Å². The second kappa shape index (κ2) is 7.48. The molecule has 0 unspecified atom stereocenters. The quantitative estimate of drug-likeness (QED) is 0.726. The molecule has 0 bridgehead atoms. The van der Waals surface area contributed by atoms with Gasteiger partial charge in [-0.1, -0.05) is 28.9 Å². The van der Waals surface area contributed by atoms with Gasteiger partial charge in [0.1, 0.15) is 11.5 Å². The predicted octanol–water partition coefficient (Wildman–Crippen LogP) is 5.72. The zero-order valence-electron chi connectivity index (χ0n) is 13.0. The molecule has 0 amide bonds. The van der Waals surface area contributed by atoms with Crippen LogP contribution < -0.4 is 5.32 Å². The van der Waals surface area contributed by atoms with Gasteiger partial charge >= 0.3 is 0 Å². The van der Waals surface area contributed by atoms with E-state index in [2.05, 4.69) is 67.1 Å². The van der Waals surface area contributed by atoms with E-state index >= 15 is 0 Å².